The highest BCUT2D eigenvalue weighted by Gasteiger charge is 2.65. The smallest absolute Gasteiger partial charge is 0.235 e. The molecule has 1 spiro atoms. The number of benzene rings is 3. The molecule has 4 aromatic rings. The van der Waals surface area contributed by atoms with E-state index in [1.54, 1.807) is 0 Å². The number of morpholine rings is 1. The second kappa shape index (κ2) is 9.18. The van der Waals surface area contributed by atoms with Gasteiger partial charge in [-0.15, -0.1) is 0 Å². The van der Waals surface area contributed by atoms with E-state index in [1.165, 1.54) is 16.7 Å². The van der Waals surface area contributed by atoms with Crippen molar-refractivity contribution in [2.24, 2.45) is 0 Å². The van der Waals surface area contributed by atoms with E-state index in [2.05, 4.69) is 108 Å². The highest BCUT2D eigenvalue weighted by Crippen LogP contribution is 2.65. The molecule has 1 amide bonds. The Bertz CT molecular complexity index is 1610. The van der Waals surface area contributed by atoms with Crippen molar-refractivity contribution < 1.29 is 9.53 Å². The largest absolute Gasteiger partial charge is 0.373 e. The number of rotatable bonds is 5. The number of amides is 1. The van der Waals surface area contributed by atoms with Crippen LogP contribution < -0.4 is 5.32 Å². The summed E-state index contributed by atoms with van der Waals surface area (Å²) in [6.07, 6.45) is 5.60. The first-order valence-corrected chi connectivity index (χ1v) is 13.9. The molecule has 198 valence electrons. The third kappa shape index (κ3) is 4.28. The molecule has 2 aliphatic heterocycles. The van der Waals surface area contributed by atoms with E-state index in [-0.39, 0.29) is 24.0 Å². The van der Waals surface area contributed by atoms with Gasteiger partial charge < -0.3 is 10.1 Å². The van der Waals surface area contributed by atoms with Crippen LogP contribution in [0.15, 0.2) is 60.7 Å². The number of aromatic nitrogens is 2. The molecule has 4 atom stereocenters. The molecule has 1 saturated heterocycles. The summed E-state index contributed by atoms with van der Waals surface area (Å²) in [5.41, 5.74) is 8.44. The molecule has 2 fully saturated rings. The van der Waals surface area contributed by atoms with Crippen LogP contribution in [0.5, 0.6) is 0 Å². The fourth-order valence-corrected chi connectivity index (χ4v) is 6.75. The summed E-state index contributed by atoms with van der Waals surface area (Å²) in [5, 5.41) is 12.0. The first-order chi connectivity index (χ1) is 18.9. The first-order valence-electron chi connectivity index (χ1n) is 13.9. The molecule has 0 radical (unpaired) electrons. The maximum absolute atomic E-state index is 13.0. The third-order valence-electron chi connectivity index (χ3n) is 8.57. The van der Waals surface area contributed by atoms with E-state index in [1.807, 2.05) is 6.07 Å². The number of carbonyl (C=O) groups excluding carboxylic acids is 1. The number of aromatic amines is 1. The van der Waals surface area contributed by atoms with Gasteiger partial charge in [0, 0.05) is 36.6 Å². The molecule has 2 N–H and O–H groups in total. The van der Waals surface area contributed by atoms with Crippen LogP contribution >= 0.6 is 0 Å². The molecule has 7 rings (SSSR count). The Morgan fingerprint density at radius 2 is 1.90 bits per heavy atom. The lowest BCUT2D eigenvalue weighted by Crippen LogP contribution is -2.44. The maximum atomic E-state index is 13.0. The fourth-order valence-electron chi connectivity index (χ4n) is 6.75. The number of carbonyl (C=O) groups is 1. The van der Waals surface area contributed by atoms with Gasteiger partial charge in [0.1, 0.15) is 0 Å². The Kier molecular flexibility index (Phi) is 5.72. The topological polar surface area (TPSA) is 70.2 Å². The molecule has 6 heteroatoms. The third-order valence-corrected chi connectivity index (χ3v) is 8.57. The van der Waals surface area contributed by atoms with Gasteiger partial charge in [-0.3, -0.25) is 14.8 Å². The van der Waals surface area contributed by atoms with E-state index in [4.69, 9.17) is 4.74 Å². The summed E-state index contributed by atoms with van der Waals surface area (Å²) < 4.78 is 5.88. The zero-order valence-electron chi connectivity index (χ0n) is 22.7. The standard InChI is InChI=1S/C33H34N4O2/c1-20-7-11-30-27(13-20)33(32(38)34-30)16-28(33)25-9-10-26-29(35-36-31(26)15-25)12-8-23-5-4-6-24(14-23)19-37-17-21(2)39-22(3)18-37/h4-15,21-22,28H,16-19H2,1-3H3,(H,34,38)(H,35,36)/b12-8+/t21-,22+,28-,33-/m0/s1. The van der Waals surface area contributed by atoms with Crippen LogP contribution in [0.2, 0.25) is 0 Å². The number of anilines is 1. The second-order valence-electron chi connectivity index (χ2n) is 11.7. The maximum Gasteiger partial charge on any atom is 0.235 e. The van der Waals surface area contributed by atoms with Gasteiger partial charge in [-0.25, -0.2) is 0 Å². The van der Waals surface area contributed by atoms with Crippen molar-refractivity contribution in [1.29, 1.82) is 0 Å². The van der Waals surface area contributed by atoms with Gasteiger partial charge in [0.25, 0.3) is 0 Å². The van der Waals surface area contributed by atoms with E-state index in [0.29, 0.717) is 0 Å². The van der Waals surface area contributed by atoms with Crippen molar-refractivity contribution in [3.63, 3.8) is 0 Å². The first kappa shape index (κ1) is 24.3. The van der Waals surface area contributed by atoms with Crippen molar-refractivity contribution >= 4 is 34.6 Å². The average molecular weight is 519 g/mol. The van der Waals surface area contributed by atoms with E-state index >= 15 is 0 Å². The lowest BCUT2D eigenvalue weighted by atomic mass is 9.91. The average Bonchev–Trinajstić information content (AvgIpc) is 3.45. The normalized spacial score (nSPS) is 26.4. The van der Waals surface area contributed by atoms with Crippen LogP contribution in [0.4, 0.5) is 5.69 Å². The van der Waals surface area contributed by atoms with E-state index < -0.39 is 5.41 Å². The molecule has 1 aliphatic carbocycles. The van der Waals surface area contributed by atoms with Crippen molar-refractivity contribution in [2.75, 3.05) is 18.4 Å². The van der Waals surface area contributed by atoms with Gasteiger partial charge in [0.05, 0.1) is 28.8 Å². The Balaban J connectivity index is 1.09. The number of aryl methyl sites for hydroxylation is 1. The zero-order valence-corrected chi connectivity index (χ0v) is 22.7. The SMILES string of the molecule is Cc1ccc2c(c1)[C@]1(C[C@H]1c1ccc3c(/C=C/c4cccc(CN5C[C@@H](C)O[C@@H](C)C5)c4)n[nH]c3c1)C(=O)N2. The number of nitrogens with one attached hydrogen (secondary N) is 2. The Morgan fingerprint density at radius 3 is 2.74 bits per heavy atom. The van der Waals surface area contributed by atoms with Gasteiger partial charge in [0.15, 0.2) is 0 Å². The lowest BCUT2D eigenvalue weighted by Gasteiger charge is -2.35. The quantitative estimate of drug-likeness (QED) is 0.339. The fraction of sp³-hybridized carbons (Fsp3) is 0.333. The Hall–Kier alpha value is -3.74. The van der Waals surface area contributed by atoms with Crippen molar-refractivity contribution in [1.82, 2.24) is 15.1 Å². The van der Waals surface area contributed by atoms with Gasteiger partial charge in [-0.2, -0.15) is 5.10 Å². The van der Waals surface area contributed by atoms with Gasteiger partial charge in [0.2, 0.25) is 5.91 Å². The Labute approximate surface area is 229 Å². The predicted molar refractivity (Wildman–Crippen MR) is 156 cm³/mol. The zero-order chi connectivity index (χ0) is 26.7. The van der Waals surface area contributed by atoms with Crippen LogP contribution in [-0.4, -0.2) is 46.3 Å². The van der Waals surface area contributed by atoms with E-state index in [9.17, 15) is 4.79 Å². The minimum atomic E-state index is -0.430. The molecule has 1 saturated carbocycles. The van der Waals surface area contributed by atoms with Crippen LogP contribution in [-0.2, 0) is 21.5 Å². The monoisotopic (exact) mass is 518 g/mol. The van der Waals surface area contributed by atoms with Crippen molar-refractivity contribution in [2.45, 2.75) is 57.3 Å². The molecular formula is C33H34N4O2. The summed E-state index contributed by atoms with van der Waals surface area (Å²) in [4.78, 5) is 15.5. The molecule has 3 aliphatic rings. The summed E-state index contributed by atoms with van der Waals surface area (Å²) >= 11 is 0. The summed E-state index contributed by atoms with van der Waals surface area (Å²) in [7, 11) is 0. The van der Waals surface area contributed by atoms with Crippen LogP contribution in [0.1, 0.15) is 59.7 Å². The minimum Gasteiger partial charge on any atom is -0.373 e. The molecule has 6 nitrogen and oxygen atoms in total. The number of hydrogen-bond donors (Lipinski definition) is 2. The molecule has 0 bridgehead atoms. The molecule has 1 aromatic heterocycles. The molecule has 0 unspecified atom stereocenters. The van der Waals surface area contributed by atoms with Gasteiger partial charge in [-0.1, -0.05) is 60.2 Å². The lowest BCUT2D eigenvalue weighted by molar-refractivity contribution is -0.118. The molecule has 3 heterocycles. The summed E-state index contributed by atoms with van der Waals surface area (Å²) in [6, 6.07) is 21.5. The van der Waals surface area contributed by atoms with Crippen molar-refractivity contribution in [3.05, 3.63) is 94.2 Å². The number of ether oxygens (including phenoxy) is 1. The molecule has 3 aromatic carbocycles. The van der Waals surface area contributed by atoms with Crippen molar-refractivity contribution in [3.8, 4) is 0 Å². The highest BCUT2D eigenvalue weighted by molar-refractivity contribution is 6.10. The van der Waals surface area contributed by atoms with Crippen LogP contribution in [0.25, 0.3) is 23.1 Å². The number of H-pyrrole nitrogens is 1. The number of fused-ring (bicyclic) bond motifs is 3. The predicted octanol–water partition coefficient (Wildman–Crippen LogP) is 6.03. The molecule has 39 heavy (non-hydrogen) atoms. The minimum absolute atomic E-state index is 0.126. The molecular weight excluding hydrogens is 484 g/mol. The Morgan fingerprint density at radius 1 is 1.05 bits per heavy atom. The van der Waals surface area contributed by atoms with Gasteiger partial charge >= 0.3 is 0 Å². The summed E-state index contributed by atoms with van der Waals surface area (Å²) in [6.45, 7) is 9.23. The van der Waals surface area contributed by atoms with E-state index in [0.717, 1.165) is 59.5 Å². The summed E-state index contributed by atoms with van der Waals surface area (Å²) in [5.74, 6) is 0.314. The van der Waals surface area contributed by atoms with Gasteiger partial charge in [-0.05, 0) is 67.7 Å². The number of hydrogen-bond acceptors (Lipinski definition) is 4. The van der Waals surface area contributed by atoms with Crippen LogP contribution in [0.3, 0.4) is 0 Å². The number of nitrogens with zero attached hydrogens (tertiary/aromatic N) is 2. The van der Waals surface area contributed by atoms with Crippen LogP contribution in [0, 0.1) is 6.92 Å². The highest BCUT2D eigenvalue weighted by atomic mass is 16.5. The second-order valence-corrected chi connectivity index (χ2v) is 11.7.